The molecule has 3 heterocycles. The molecule has 2 aliphatic heterocycles. The van der Waals surface area contributed by atoms with E-state index in [0.29, 0.717) is 30.7 Å². The summed E-state index contributed by atoms with van der Waals surface area (Å²) >= 11 is 6.42. The third-order valence-corrected chi connectivity index (χ3v) is 8.11. The van der Waals surface area contributed by atoms with Gasteiger partial charge in [-0.15, -0.1) is 0 Å². The lowest BCUT2D eigenvalue weighted by atomic mass is 9.96. The van der Waals surface area contributed by atoms with Crippen molar-refractivity contribution in [1.29, 1.82) is 0 Å². The Morgan fingerprint density at radius 3 is 2.56 bits per heavy atom. The number of nitrogens with zero attached hydrogens (tertiary/aromatic N) is 3. The number of carboxylic acid groups (broad SMARTS) is 1. The molecule has 4 rings (SSSR count). The number of halogens is 1. The van der Waals surface area contributed by atoms with Crippen LogP contribution >= 0.6 is 11.6 Å². The van der Waals surface area contributed by atoms with Gasteiger partial charge >= 0.3 is 5.97 Å². The van der Waals surface area contributed by atoms with Gasteiger partial charge in [-0.25, -0.2) is 4.98 Å². The minimum atomic E-state index is -0.802. The zero-order valence-electron chi connectivity index (χ0n) is 23.2. The molecule has 0 amide bonds. The van der Waals surface area contributed by atoms with Crippen molar-refractivity contribution in [3.05, 3.63) is 41.6 Å². The Bertz CT molecular complexity index is 1090. The van der Waals surface area contributed by atoms with Crippen LogP contribution in [0.1, 0.15) is 33.1 Å². The van der Waals surface area contributed by atoms with Gasteiger partial charge in [0.2, 0.25) is 5.88 Å². The van der Waals surface area contributed by atoms with E-state index in [1.807, 2.05) is 30.3 Å². The van der Waals surface area contributed by atoms with Crippen LogP contribution in [0.4, 0.5) is 11.4 Å². The standard InChI is InChI=1S/C29H40ClN3O6/c1-19-17-32(25-14-28(37-4)31-16-23(25)30)11-10-26(19)39-22-8-6-21(7-9-22)33-18-27(38-13-5-12-36-3)20(2)24(33)15-29(34)35/h6-9,14,16,19-20,24,26-27H,5,10-13,15,17-18H2,1-4H3,(H,34,35)/t19-,20+,24+,26?,27+/m1/s1. The van der Waals surface area contributed by atoms with Crippen LogP contribution < -0.4 is 19.3 Å². The fourth-order valence-electron chi connectivity index (χ4n) is 5.61. The van der Waals surface area contributed by atoms with E-state index in [1.54, 1.807) is 20.4 Å². The van der Waals surface area contributed by atoms with Crippen LogP contribution in [0.15, 0.2) is 36.5 Å². The molecule has 2 aromatic rings. The topological polar surface area (TPSA) is 93.6 Å². The number of hydrogen-bond donors (Lipinski definition) is 1. The van der Waals surface area contributed by atoms with Gasteiger partial charge in [0.1, 0.15) is 11.9 Å². The summed E-state index contributed by atoms with van der Waals surface area (Å²) in [6, 6.07) is 9.74. The molecule has 0 bridgehead atoms. The maximum absolute atomic E-state index is 11.6. The quantitative estimate of drug-likeness (QED) is 0.368. The number of pyridine rings is 1. The first-order chi connectivity index (χ1) is 18.8. The summed E-state index contributed by atoms with van der Waals surface area (Å²) in [5, 5.41) is 10.2. The second kappa shape index (κ2) is 13.5. The number of rotatable bonds is 12. The molecule has 0 radical (unpaired) electrons. The second-order valence-electron chi connectivity index (χ2n) is 10.5. The highest BCUT2D eigenvalue weighted by Crippen LogP contribution is 2.36. The summed E-state index contributed by atoms with van der Waals surface area (Å²) < 4.78 is 22.9. The molecule has 1 unspecified atom stereocenters. The molecule has 0 spiro atoms. The summed E-state index contributed by atoms with van der Waals surface area (Å²) in [7, 11) is 3.28. The number of methoxy groups -OCH3 is 2. The number of piperidine rings is 1. The maximum atomic E-state index is 11.6. The average molecular weight is 562 g/mol. The maximum Gasteiger partial charge on any atom is 0.305 e. The smallest absolute Gasteiger partial charge is 0.305 e. The number of carbonyl (C=O) groups is 1. The summed E-state index contributed by atoms with van der Waals surface area (Å²) in [6.07, 6.45) is 3.42. The zero-order valence-corrected chi connectivity index (χ0v) is 24.0. The molecule has 5 atom stereocenters. The Hall–Kier alpha value is -2.75. The van der Waals surface area contributed by atoms with Crippen LogP contribution in [-0.4, -0.2) is 81.4 Å². The van der Waals surface area contributed by atoms with E-state index in [1.165, 1.54) is 0 Å². The molecule has 9 nitrogen and oxygen atoms in total. The van der Waals surface area contributed by atoms with Gasteiger partial charge in [-0.1, -0.05) is 25.4 Å². The molecular formula is C29H40ClN3O6. The largest absolute Gasteiger partial charge is 0.490 e. The Morgan fingerprint density at radius 2 is 1.90 bits per heavy atom. The zero-order chi connectivity index (χ0) is 27.9. The van der Waals surface area contributed by atoms with Crippen molar-refractivity contribution >= 4 is 28.9 Å². The van der Waals surface area contributed by atoms with Gasteiger partial charge in [0.15, 0.2) is 0 Å². The molecule has 10 heteroatoms. The number of benzene rings is 1. The van der Waals surface area contributed by atoms with E-state index in [9.17, 15) is 9.90 Å². The summed E-state index contributed by atoms with van der Waals surface area (Å²) in [4.78, 5) is 20.2. The minimum absolute atomic E-state index is 0.0259. The van der Waals surface area contributed by atoms with E-state index in [-0.39, 0.29) is 36.5 Å². The van der Waals surface area contributed by atoms with Crippen LogP contribution in [0.5, 0.6) is 11.6 Å². The molecule has 2 saturated heterocycles. The van der Waals surface area contributed by atoms with E-state index >= 15 is 0 Å². The van der Waals surface area contributed by atoms with Gasteiger partial charge < -0.3 is 33.9 Å². The molecule has 2 fully saturated rings. The van der Waals surface area contributed by atoms with Gasteiger partial charge in [0.25, 0.3) is 0 Å². The van der Waals surface area contributed by atoms with Crippen LogP contribution in [0, 0.1) is 11.8 Å². The summed E-state index contributed by atoms with van der Waals surface area (Å²) in [5.41, 5.74) is 1.91. The van der Waals surface area contributed by atoms with Gasteiger partial charge in [-0.2, -0.15) is 0 Å². The number of ether oxygens (including phenoxy) is 4. The molecule has 0 aliphatic carbocycles. The SMILES string of the molecule is COCCCO[C@H]1CN(c2ccc(OC3CCN(c4cc(OC)ncc4Cl)C[C@H]3C)cc2)[C@@H](CC(=O)O)[C@@H]1C. The first-order valence-electron chi connectivity index (χ1n) is 13.6. The number of hydrogen-bond acceptors (Lipinski definition) is 8. The lowest BCUT2D eigenvalue weighted by molar-refractivity contribution is -0.137. The molecule has 214 valence electrons. The molecular weight excluding hydrogens is 522 g/mol. The van der Waals surface area contributed by atoms with Crippen LogP contribution in [0.25, 0.3) is 0 Å². The molecule has 1 aromatic heterocycles. The first kappa shape index (κ1) is 29.2. The Labute approximate surface area is 235 Å². The highest BCUT2D eigenvalue weighted by atomic mass is 35.5. The van der Waals surface area contributed by atoms with Gasteiger partial charge in [-0.3, -0.25) is 4.79 Å². The van der Waals surface area contributed by atoms with E-state index < -0.39 is 5.97 Å². The third-order valence-electron chi connectivity index (χ3n) is 7.82. The molecule has 1 N–H and O–H groups in total. The third kappa shape index (κ3) is 7.26. The summed E-state index contributed by atoms with van der Waals surface area (Å²) in [5.74, 6) is 0.928. The molecule has 0 saturated carbocycles. The van der Waals surface area contributed by atoms with Crippen LogP contribution in [0.2, 0.25) is 5.02 Å². The van der Waals surface area contributed by atoms with Crippen molar-refractivity contribution in [3.63, 3.8) is 0 Å². The number of aromatic nitrogens is 1. The van der Waals surface area contributed by atoms with Gasteiger partial charge in [-0.05, 0) is 30.7 Å². The first-order valence-corrected chi connectivity index (χ1v) is 14.0. The number of anilines is 2. The lowest BCUT2D eigenvalue weighted by Gasteiger charge is -2.38. The van der Waals surface area contributed by atoms with Crippen LogP contribution in [-0.2, 0) is 14.3 Å². The molecule has 1 aromatic carbocycles. The number of carboxylic acids is 1. The Balaban J connectivity index is 1.37. The van der Waals surface area contributed by atoms with Crippen molar-refractivity contribution in [2.75, 3.05) is 56.9 Å². The average Bonchev–Trinajstić information content (AvgIpc) is 3.22. The van der Waals surface area contributed by atoms with Gasteiger partial charge in [0, 0.05) is 76.0 Å². The van der Waals surface area contributed by atoms with E-state index in [0.717, 1.165) is 43.1 Å². The predicted molar refractivity (Wildman–Crippen MR) is 151 cm³/mol. The highest BCUT2D eigenvalue weighted by molar-refractivity contribution is 6.33. The van der Waals surface area contributed by atoms with Crippen molar-refractivity contribution in [2.24, 2.45) is 11.8 Å². The normalized spacial score (nSPS) is 25.1. The second-order valence-corrected chi connectivity index (χ2v) is 10.9. The molecule has 39 heavy (non-hydrogen) atoms. The van der Waals surface area contributed by atoms with E-state index in [2.05, 4.69) is 28.6 Å². The minimum Gasteiger partial charge on any atom is -0.490 e. The molecule has 2 aliphatic rings. The highest BCUT2D eigenvalue weighted by Gasteiger charge is 2.41. The van der Waals surface area contributed by atoms with Crippen molar-refractivity contribution in [3.8, 4) is 11.6 Å². The van der Waals surface area contributed by atoms with E-state index in [4.69, 9.17) is 30.5 Å². The fourth-order valence-corrected chi connectivity index (χ4v) is 5.84. The monoisotopic (exact) mass is 561 g/mol. The summed E-state index contributed by atoms with van der Waals surface area (Å²) in [6.45, 7) is 7.79. The van der Waals surface area contributed by atoms with Crippen molar-refractivity contribution in [2.45, 2.75) is 51.4 Å². The predicted octanol–water partition coefficient (Wildman–Crippen LogP) is 4.76. The fraction of sp³-hybridized carbons (Fsp3) is 0.586. The Kier molecular flexibility index (Phi) is 10.2. The lowest BCUT2D eigenvalue weighted by Crippen LogP contribution is -2.44. The number of aliphatic carboxylic acids is 1. The van der Waals surface area contributed by atoms with Crippen molar-refractivity contribution < 1.29 is 28.8 Å². The Morgan fingerprint density at radius 1 is 1.13 bits per heavy atom. The van der Waals surface area contributed by atoms with Gasteiger partial charge in [0.05, 0.1) is 36.5 Å². The van der Waals surface area contributed by atoms with Crippen LogP contribution in [0.3, 0.4) is 0 Å². The van der Waals surface area contributed by atoms with Crippen molar-refractivity contribution in [1.82, 2.24) is 4.98 Å².